The van der Waals surface area contributed by atoms with Gasteiger partial charge < -0.3 is 10.6 Å². The smallest absolute Gasteiger partial charge is 0.254 e. The number of carbonyl (C=O) groups is 1. The van der Waals surface area contributed by atoms with Crippen LogP contribution in [-0.4, -0.2) is 27.4 Å². The summed E-state index contributed by atoms with van der Waals surface area (Å²) in [5.74, 6) is 0.362. The van der Waals surface area contributed by atoms with E-state index < -0.39 is 0 Å². The molecule has 0 bridgehead atoms. The van der Waals surface area contributed by atoms with E-state index in [0.29, 0.717) is 18.1 Å². The molecule has 6 nitrogen and oxygen atoms in total. The number of amides is 1. The van der Waals surface area contributed by atoms with Crippen LogP contribution in [0.5, 0.6) is 0 Å². The van der Waals surface area contributed by atoms with Gasteiger partial charge in [-0.05, 0) is 24.1 Å². The van der Waals surface area contributed by atoms with Crippen LogP contribution in [0, 0.1) is 0 Å². The molecule has 2 aromatic rings. The van der Waals surface area contributed by atoms with Gasteiger partial charge in [0.05, 0.1) is 5.56 Å². The fourth-order valence-electron chi connectivity index (χ4n) is 1.70. The molecule has 21 heavy (non-hydrogen) atoms. The molecule has 0 aliphatic heterocycles. The Hall–Kier alpha value is -2.50. The average Bonchev–Trinajstić information content (AvgIpc) is 2.54. The Bertz CT molecular complexity index is 556. The fourth-order valence-corrected chi connectivity index (χ4v) is 1.70. The molecule has 0 aliphatic rings. The summed E-state index contributed by atoms with van der Waals surface area (Å²) in [4.78, 5) is 24.2. The van der Waals surface area contributed by atoms with Crippen LogP contribution in [-0.2, 0) is 6.54 Å². The summed E-state index contributed by atoms with van der Waals surface area (Å²) >= 11 is 0. The van der Waals surface area contributed by atoms with E-state index >= 15 is 0 Å². The van der Waals surface area contributed by atoms with E-state index in [1.54, 1.807) is 12.4 Å². The Labute approximate surface area is 124 Å². The lowest BCUT2D eigenvalue weighted by Crippen LogP contribution is -2.23. The van der Waals surface area contributed by atoms with Gasteiger partial charge in [-0.3, -0.25) is 9.78 Å². The van der Waals surface area contributed by atoms with E-state index in [-0.39, 0.29) is 5.91 Å². The average molecular weight is 285 g/mol. The van der Waals surface area contributed by atoms with Crippen molar-refractivity contribution in [3.63, 3.8) is 0 Å². The monoisotopic (exact) mass is 285 g/mol. The molecule has 2 heterocycles. The van der Waals surface area contributed by atoms with E-state index in [2.05, 4.69) is 32.5 Å². The first-order valence-corrected chi connectivity index (χ1v) is 7.02. The van der Waals surface area contributed by atoms with Gasteiger partial charge in [0.25, 0.3) is 5.91 Å². The highest BCUT2D eigenvalue weighted by atomic mass is 16.1. The fraction of sp³-hybridized carbons (Fsp3) is 0.333. The molecule has 0 aliphatic carbocycles. The molecular formula is C15H19N5O. The lowest BCUT2D eigenvalue weighted by Gasteiger charge is -2.06. The molecule has 0 spiro atoms. The number of pyridine rings is 1. The highest BCUT2D eigenvalue weighted by Crippen LogP contribution is 2.02. The molecule has 0 saturated heterocycles. The molecule has 0 saturated carbocycles. The van der Waals surface area contributed by atoms with E-state index in [1.165, 1.54) is 12.4 Å². The molecule has 2 aromatic heterocycles. The van der Waals surface area contributed by atoms with Crippen molar-refractivity contribution in [1.29, 1.82) is 0 Å². The van der Waals surface area contributed by atoms with Gasteiger partial charge in [0.15, 0.2) is 0 Å². The van der Waals surface area contributed by atoms with Gasteiger partial charge in [0, 0.05) is 37.9 Å². The Morgan fingerprint density at radius 3 is 2.57 bits per heavy atom. The predicted molar refractivity (Wildman–Crippen MR) is 80.8 cm³/mol. The summed E-state index contributed by atoms with van der Waals surface area (Å²) in [6, 6.07) is 3.72. The van der Waals surface area contributed by atoms with Crippen LogP contribution in [0.25, 0.3) is 0 Å². The van der Waals surface area contributed by atoms with E-state index in [0.717, 1.165) is 24.9 Å². The second kappa shape index (κ2) is 7.94. The van der Waals surface area contributed by atoms with Crippen molar-refractivity contribution >= 4 is 11.9 Å². The molecular weight excluding hydrogens is 266 g/mol. The highest BCUT2D eigenvalue weighted by molar-refractivity contribution is 5.93. The number of aromatic nitrogens is 3. The summed E-state index contributed by atoms with van der Waals surface area (Å²) in [6.45, 7) is 3.42. The third kappa shape index (κ3) is 4.83. The number of anilines is 1. The number of nitrogens with one attached hydrogen (secondary N) is 2. The molecule has 2 N–H and O–H groups in total. The maximum atomic E-state index is 12.0. The minimum Gasteiger partial charge on any atom is -0.354 e. The van der Waals surface area contributed by atoms with Crippen molar-refractivity contribution in [3.8, 4) is 0 Å². The van der Waals surface area contributed by atoms with E-state index in [4.69, 9.17) is 0 Å². The summed E-state index contributed by atoms with van der Waals surface area (Å²) in [5.41, 5.74) is 1.45. The van der Waals surface area contributed by atoms with Gasteiger partial charge in [0.1, 0.15) is 0 Å². The first-order chi connectivity index (χ1) is 10.3. The van der Waals surface area contributed by atoms with Gasteiger partial charge in [-0.2, -0.15) is 0 Å². The third-order valence-electron chi connectivity index (χ3n) is 2.93. The lowest BCUT2D eigenvalue weighted by molar-refractivity contribution is 0.0950. The summed E-state index contributed by atoms with van der Waals surface area (Å²) in [5, 5.41) is 5.93. The van der Waals surface area contributed by atoms with Crippen LogP contribution in [0.1, 0.15) is 35.7 Å². The van der Waals surface area contributed by atoms with Crippen molar-refractivity contribution < 1.29 is 4.79 Å². The molecule has 110 valence electrons. The van der Waals surface area contributed by atoms with Crippen molar-refractivity contribution in [3.05, 3.63) is 48.0 Å². The van der Waals surface area contributed by atoms with Crippen LogP contribution < -0.4 is 10.6 Å². The van der Waals surface area contributed by atoms with E-state index in [1.807, 2.05) is 12.1 Å². The van der Waals surface area contributed by atoms with Crippen LogP contribution in [0.4, 0.5) is 5.95 Å². The predicted octanol–water partition coefficient (Wildman–Crippen LogP) is 2.01. The van der Waals surface area contributed by atoms with Crippen molar-refractivity contribution in [2.24, 2.45) is 0 Å². The first kappa shape index (κ1) is 14.9. The summed E-state index contributed by atoms with van der Waals surface area (Å²) < 4.78 is 0. The Balaban J connectivity index is 1.85. The number of unbranched alkanes of at least 4 members (excludes halogenated alkanes) is 1. The van der Waals surface area contributed by atoms with Gasteiger partial charge in [-0.15, -0.1) is 0 Å². The molecule has 0 radical (unpaired) electrons. The zero-order valence-corrected chi connectivity index (χ0v) is 12.0. The van der Waals surface area contributed by atoms with Crippen molar-refractivity contribution in [2.75, 3.05) is 11.9 Å². The number of hydrogen-bond acceptors (Lipinski definition) is 5. The van der Waals surface area contributed by atoms with Gasteiger partial charge in [0.2, 0.25) is 5.95 Å². The number of hydrogen-bond donors (Lipinski definition) is 2. The van der Waals surface area contributed by atoms with Crippen molar-refractivity contribution in [1.82, 2.24) is 20.3 Å². The first-order valence-electron chi connectivity index (χ1n) is 7.02. The summed E-state index contributed by atoms with van der Waals surface area (Å²) in [6.07, 6.45) is 8.63. The number of carbonyl (C=O) groups excluding carboxylic acids is 1. The quantitative estimate of drug-likeness (QED) is 0.761. The van der Waals surface area contributed by atoms with Crippen LogP contribution in [0.3, 0.4) is 0 Å². The minimum atomic E-state index is -0.188. The highest BCUT2D eigenvalue weighted by Gasteiger charge is 2.06. The molecule has 2 rings (SSSR count). The van der Waals surface area contributed by atoms with E-state index in [9.17, 15) is 4.79 Å². The Morgan fingerprint density at radius 2 is 1.90 bits per heavy atom. The van der Waals surface area contributed by atoms with Gasteiger partial charge in [-0.25, -0.2) is 9.97 Å². The SMILES string of the molecule is CCCCNc1ncc(C(=O)NCc2ccncc2)cn1. The Morgan fingerprint density at radius 1 is 1.19 bits per heavy atom. The maximum absolute atomic E-state index is 12.0. The molecule has 0 atom stereocenters. The normalized spacial score (nSPS) is 10.1. The van der Waals surface area contributed by atoms with Gasteiger partial charge in [-0.1, -0.05) is 13.3 Å². The van der Waals surface area contributed by atoms with Crippen LogP contribution in [0.2, 0.25) is 0 Å². The zero-order chi connectivity index (χ0) is 14.9. The Kier molecular flexibility index (Phi) is 5.63. The standard InChI is InChI=1S/C15H19N5O/c1-2-3-6-17-15-19-10-13(11-20-15)14(21)18-9-12-4-7-16-8-5-12/h4-5,7-8,10-11H,2-3,6,9H2,1H3,(H,18,21)(H,17,19,20). The molecule has 1 amide bonds. The largest absolute Gasteiger partial charge is 0.354 e. The molecule has 0 unspecified atom stereocenters. The molecule has 0 aromatic carbocycles. The van der Waals surface area contributed by atoms with Gasteiger partial charge >= 0.3 is 0 Å². The minimum absolute atomic E-state index is 0.188. The zero-order valence-electron chi connectivity index (χ0n) is 12.0. The molecule has 0 fully saturated rings. The van der Waals surface area contributed by atoms with Crippen molar-refractivity contribution in [2.45, 2.75) is 26.3 Å². The lowest BCUT2D eigenvalue weighted by atomic mass is 10.2. The third-order valence-corrected chi connectivity index (χ3v) is 2.93. The second-order valence-electron chi connectivity index (χ2n) is 4.61. The second-order valence-corrected chi connectivity index (χ2v) is 4.61. The van der Waals surface area contributed by atoms with Crippen LogP contribution >= 0.6 is 0 Å². The number of nitrogens with zero attached hydrogens (tertiary/aromatic N) is 3. The number of rotatable bonds is 7. The molecule has 6 heteroatoms. The van der Waals surface area contributed by atoms with Crippen LogP contribution in [0.15, 0.2) is 36.9 Å². The topological polar surface area (TPSA) is 79.8 Å². The summed E-state index contributed by atoms with van der Waals surface area (Å²) in [7, 11) is 0. The maximum Gasteiger partial charge on any atom is 0.254 e.